The number of hydrogen-bond donors (Lipinski definition) is 2. The van der Waals surface area contributed by atoms with Crippen LogP contribution in [-0.2, 0) is 17.1 Å². The van der Waals surface area contributed by atoms with Gasteiger partial charge in [0.1, 0.15) is 0 Å². The average molecular weight is 181 g/mol. The average Bonchev–Trinajstić information content (AvgIpc) is 1.65. The molecule has 0 amide bonds. The molecule has 3 heteroatoms. The van der Waals surface area contributed by atoms with Crippen LogP contribution in [0.25, 0.3) is 0 Å². The molecule has 0 bridgehead atoms. The monoisotopic (exact) mass is 180 g/mol. The van der Waals surface area contributed by atoms with Crippen LogP contribution in [0.15, 0.2) is 0 Å². The van der Waals surface area contributed by atoms with E-state index in [9.17, 15) is 0 Å². The van der Waals surface area contributed by atoms with Gasteiger partial charge < -0.3 is 10.8 Å². The minimum absolute atomic E-state index is 0. The fourth-order valence-electron chi connectivity index (χ4n) is 0.680. The first-order valence-electron chi connectivity index (χ1n) is 3.03. The van der Waals surface area contributed by atoms with Crippen LogP contribution in [0.2, 0.25) is 0 Å². The van der Waals surface area contributed by atoms with Crippen molar-refractivity contribution in [2.45, 2.75) is 26.3 Å². The van der Waals surface area contributed by atoms with E-state index in [1.54, 1.807) is 0 Å². The summed E-state index contributed by atoms with van der Waals surface area (Å²) in [5.74, 6) is 0.595. The molecule has 0 spiro atoms. The molecule has 1 unspecified atom stereocenters. The first-order valence-corrected chi connectivity index (χ1v) is 3.03. The molecule has 0 aliphatic rings. The SMILES string of the molecule is CC(C)CC(N)CO.[Cu]. The Bertz CT molecular complexity index is 59.0. The van der Waals surface area contributed by atoms with Gasteiger partial charge in [0.15, 0.2) is 0 Å². The minimum atomic E-state index is -0.0185. The van der Waals surface area contributed by atoms with E-state index in [1.807, 2.05) is 0 Å². The first kappa shape index (κ1) is 12.1. The minimum Gasteiger partial charge on any atom is -0.395 e. The quantitative estimate of drug-likeness (QED) is 0.616. The van der Waals surface area contributed by atoms with Crippen molar-refractivity contribution in [1.29, 1.82) is 0 Å². The summed E-state index contributed by atoms with van der Waals surface area (Å²) in [5, 5.41) is 8.46. The van der Waals surface area contributed by atoms with Crippen molar-refractivity contribution in [1.82, 2.24) is 0 Å². The fraction of sp³-hybridized carbons (Fsp3) is 1.00. The van der Waals surface area contributed by atoms with Crippen LogP contribution in [0.1, 0.15) is 20.3 Å². The van der Waals surface area contributed by atoms with Gasteiger partial charge >= 0.3 is 0 Å². The van der Waals surface area contributed by atoms with Gasteiger partial charge in [0.2, 0.25) is 0 Å². The van der Waals surface area contributed by atoms with Gasteiger partial charge in [0.05, 0.1) is 6.61 Å². The molecule has 0 heterocycles. The standard InChI is InChI=1S/C6H15NO.Cu/c1-5(2)3-6(7)4-8;/h5-6,8H,3-4,7H2,1-2H3;. The van der Waals surface area contributed by atoms with Gasteiger partial charge in [-0.25, -0.2) is 0 Å². The van der Waals surface area contributed by atoms with E-state index < -0.39 is 0 Å². The van der Waals surface area contributed by atoms with Gasteiger partial charge in [-0.2, -0.15) is 0 Å². The van der Waals surface area contributed by atoms with Gasteiger partial charge in [-0.1, -0.05) is 13.8 Å². The third-order valence-electron chi connectivity index (χ3n) is 1.01. The van der Waals surface area contributed by atoms with Crippen molar-refractivity contribution in [2.24, 2.45) is 11.7 Å². The molecule has 1 radical (unpaired) electrons. The molecular weight excluding hydrogens is 166 g/mol. The third kappa shape index (κ3) is 8.44. The molecule has 61 valence electrons. The molecular formula is C6H15CuNO. The maximum atomic E-state index is 8.46. The molecule has 2 nitrogen and oxygen atoms in total. The number of nitrogens with two attached hydrogens (primary N) is 1. The molecule has 0 saturated carbocycles. The van der Waals surface area contributed by atoms with E-state index in [-0.39, 0.29) is 29.7 Å². The summed E-state index contributed by atoms with van der Waals surface area (Å²) >= 11 is 0. The third-order valence-corrected chi connectivity index (χ3v) is 1.01. The predicted molar refractivity (Wildman–Crippen MR) is 34.5 cm³/mol. The molecule has 0 rings (SSSR count). The Balaban J connectivity index is 0. The second-order valence-electron chi connectivity index (χ2n) is 2.57. The first-order chi connectivity index (χ1) is 3.66. The van der Waals surface area contributed by atoms with Crippen LogP contribution in [0.5, 0.6) is 0 Å². The van der Waals surface area contributed by atoms with Crippen LogP contribution < -0.4 is 5.73 Å². The van der Waals surface area contributed by atoms with Gasteiger partial charge in [0.25, 0.3) is 0 Å². The van der Waals surface area contributed by atoms with E-state index in [4.69, 9.17) is 10.8 Å². The van der Waals surface area contributed by atoms with Crippen molar-refractivity contribution < 1.29 is 22.2 Å². The Labute approximate surface area is 67.3 Å². The van der Waals surface area contributed by atoms with E-state index in [0.29, 0.717) is 5.92 Å². The Morgan fingerprint density at radius 3 is 2.00 bits per heavy atom. The van der Waals surface area contributed by atoms with E-state index in [1.165, 1.54) is 0 Å². The smallest absolute Gasteiger partial charge is 0.0582 e. The summed E-state index contributed by atoms with van der Waals surface area (Å²) < 4.78 is 0. The zero-order chi connectivity index (χ0) is 6.57. The van der Waals surface area contributed by atoms with Crippen molar-refractivity contribution in [3.63, 3.8) is 0 Å². The topological polar surface area (TPSA) is 46.2 Å². The molecule has 9 heavy (non-hydrogen) atoms. The van der Waals surface area contributed by atoms with Crippen molar-refractivity contribution in [3.8, 4) is 0 Å². The Morgan fingerprint density at radius 1 is 1.44 bits per heavy atom. The summed E-state index contributed by atoms with van der Waals surface area (Å²) in [5.41, 5.74) is 5.42. The molecule has 3 N–H and O–H groups in total. The Morgan fingerprint density at radius 2 is 1.89 bits per heavy atom. The molecule has 0 fully saturated rings. The summed E-state index contributed by atoms with van der Waals surface area (Å²) in [7, 11) is 0. The summed E-state index contributed by atoms with van der Waals surface area (Å²) in [6, 6.07) is -0.0185. The van der Waals surface area contributed by atoms with Crippen LogP contribution >= 0.6 is 0 Å². The molecule has 0 aromatic rings. The number of aliphatic hydroxyl groups is 1. The predicted octanol–water partition coefficient (Wildman–Crippen LogP) is 0.350. The Hall–Kier alpha value is 0.439. The summed E-state index contributed by atoms with van der Waals surface area (Å²) in [6.45, 7) is 4.29. The largest absolute Gasteiger partial charge is 0.395 e. The zero-order valence-corrected chi connectivity index (χ0v) is 6.84. The summed E-state index contributed by atoms with van der Waals surface area (Å²) in [6.07, 6.45) is 0.913. The number of hydrogen-bond acceptors (Lipinski definition) is 2. The van der Waals surface area contributed by atoms with E-state index in [0.717, 1.165) is 6.42 Å². The number of aliphatic hydroxyl groups excluding tert-OH is 1. The molecule has 0 aliphatic carbocycles. The Kier molecular flexibility index (Phi) is 8.85. The van der Waals surface area contributed by atoms with E-state index >= 15 is 0 Å². The van der Waals surface area contributed by atoms with Crippen LogP contribution in [0, 0.1) is 5.92 Å². The molecule has 0 aromatic carbocycles. The normalized spacial score (nSPS) is 13.0. The molecule has 0 aromatic heterocycles. The van der Waals surface area contributed by atoms with Crippen LogP contribution in [0.4, 0.5) is 0 Å². The number of rotatable bonds is 3. The van der Waals surface area contributed by atoms with Crippen LogP contribution in [-0.4, -0.2) is 17.8 Å². The van der Waals surface area contributed by atoms with Gasteiger partial charge in [-0.15, -0.1) is 0 Å². The van der Waals surface area contributed by atoms with Gasteiger partial charge in [-0.05, 0) is 12.3 Å². The van der Waals surface area contributed by atoms with Gasteiger partial charge in [0, 0.05) is 23.1 Å². The zero-order valence-electron chi connectivity index (χ0n) is 5.89. The maximum absolute atomic E-state index is 8.46. The molecule has 0 aliphatic heterocycles. The van der Waals surface area contributed by atoms with Crippen LogP contribution in [0.3, 0.4) is 0 Å². The van der Waals surface area contributed by atoms with Crippen molar-refractivity contribution in [3.05, 3.63) is 0 Å². The second-order valence-corrected chi connectivity index (χ2v) is 2.57. The summed E-state index contributed by atoms with van der Waals surface area (Å²) in [4.78, 5) is 0. The van der Waals surface area contributed by atoms with Crippen molar-refractivity contribution in [2.75, 3.05) is 6.61 Å². The van der Waals surface area contributed by atoms with Crippen molar-refractivity contribution >= 4 is 0 Å². The van der Waals surface area contributed by atoms with Gasteiger partial charge in [-0.3, -0.25) is 0 Å². The molecule has 0 saturated heterocycles. The maximum Gasteiger partial charge on any atom is 0.0582 e. The van der Waals surface area contributed by atoms with E-state index in [2.05, 4.69) is 13.8 Å². The second kappa shape index (κ2) is 6.56. The fourth-order valence-corrected chi connectivity index (χ4v) is 0.680. The molecule has 1 atom stereocenters.